The molecule has 0 saturated heterocycles. The molecule has 4 rings (SSSR count). The predicted octanol–water partition coefficient (Wildman–Crippen LogP) is 4.62. The van der Waals surface area contributed by atoms with Crippen molar-refractivity contribution in [3.8, 4) is 5.75 Å². The van der Waals surface area contributed by atoms with Crippen molar-refractivity contribution in [1.82, 2.24) is 4.57 Å². The van der Waals surface area contributed by atoms with E-state index in [9.17, 15) is 9.59 Å². The van der Waals surface area contributed by atoms with E-state index in [4.69, 9.17) is 9.84 Å². The van der Waals surface area contributed by atoms with Gasteiger partial charge in [-0.2, -0.15) is 0 Å². The Morgan fingerprint density at radius 2 is 1.85 bits per heavy atom. The van der Waals surface area contributed by atoms with Gasteiger partial charge in [-0.1, -0.05) is 24.3 Å². The van der Waals surface area contributed by atoms with Gasteiger partial charge in [-0.15, -0.1) is 0 Å². The van der Waals surface area contributed by atoms with Gasteiger partial charge in [-0.05, 0) is 73.6 Å². The summed E-state index contributed by atoms with van der Waals surface area (Å²) < 4.78 is 7.46. The first-order chi connectivity index (χ1) is 15.9. The van der Waals surface area contributed by atoms with Crippen LogP contribution in [0.2, 0.25) is 0 Å². The smallest absolute Gasteiger partial charge is 0.335 e. The van der Waals surface area contributed by atoms with Crippen molar-refractivity contribution in [2.75, 3.05) is 19.1 Å². The van der Waals surface area contributed by atoms with E-state index >= 15 is 0 Å². The Labute approximate surface area is 194 Å². The number of pyridine rings is 1. The molecular formula is C27H30N2O4. The quantitative estimate of drug-likeness (QED) is 0.519. The average Bonchev–Trinajstić information content (AvgIpc) is 3.66. The molecule has 0 unspecified atom stereocenters. The largest absolute Gasteiger partial charge is 0.495 e. The molecule has 1 aliphatic rings. The van der Waals surface area contributed by atoms with Crippen molar-refractivity contribution in [3.05, 3.63) is 92.9 Å². The summed E-state index contributed by atoms with van der Waals surface area (Å²) >= 11 is 0. The molecule has 0 aliphatic heterocycles. The number of carboxylic acids is 1. The molecule has 6 nitrogen and oxygen atoms in total. The van der Waals surface area contributed by atoms with E-state index in [1.54, 1.807) is 19.2 Å². The van der Waals surface area contributed by atoms with Crippen molar-refractivity contribution >= 4 is 11.7 Å². The Hall–Kier alpha value is -3.54. The Morgan fingerprint density at radius 1 is 1.15 bits per heavy atom. The molecule has 1 heterocycles. The molecule has 0 atom stereocenters. The van der Waals surface area contributed by atoms with Gasteiger partial charge in [0.15, 0.2) is 0 Å². The number of carbonyl (C=O) groups is 1. The highest BCUT2D eigenvalue weighted by Gasteiger charge is 2.29. The number of para-hydroxylation sites is 2. The lowest BCUT2D eigenvalue weighted by atomic mass is 10.0. The van der Waals surface area contributed by atoms with E-state index in [0.717, 1.165) is 41.1 Å². The molecule has 33 heavy (non-hydrogen) atoms. The number of nitrogens with zero attached hydrogens (tertiary/aromatic N) is 2. The van der Waals surface area contributed by atoms with Crippen LogP contribution in [0.5, 0.6) is 5.75 Å². The first kappa shape index (κ1) is 22.6. The van der Waals surface area contributed by atoms with E-state index < -0.39 is 5.97 Å². The minimum absolute atomic E-state index is 0.0324. The molecule has 6 heteroatoms. The maximum absolute atomic E-state index is 13.2. The Balaban J connectivity index is 1.67. The van der Waals surface area contributed by atoms with Gasteiger partial charge in [0, 0.05) is 24.8 Å². The van der Waals surface area contributed by atoms with E-state index in [1.165, 1.54) is 5.56 Å². The van der Waals surface area contributed by atoms with Crippen LogP contribution in [-0.2, 0) is 19.5 Å². The van der Waals surface area contributed by atoms with Crippen LogP contribution in [0.3, 0.4) is 0 Å². The second kappa shape index (κ2) is 9.53. The van der Waals surface area contributed by atoms with Crippen LogP contribution in [0, 0.1) is 6.92 Å². The van der Waals surface area contributed by atoms with Crippen LogP contribution in [0.15, 0.2) is 59.4 Å². The standard InChI is InChI=1S/C27H30N2O4/c1-18-16-22(20-12-13-20)24(17-28(2)23-6-4-5-7-25(23)33-3)29(26(18)30)15-14-19-8-10-21(11-9-19)27(31)32/h4-11,16,20H,12-15,17H2,1-3H3,(H,31,32). The number of anilines is 1. The minimum Gasteiger partial charge on any atom is -0.495 e. The number of aromatic nitrogens is 1. The number of ether oxygens (including phenoxy) is 1. The molecule has 2 aromatic carbocycles. The van der Waals surface area contributed by atoms with Crippen molar-refractivity contribution in [1.29, 1.82) is 0 Å². The molecule has 172 valence electrons. The third-order valence-corrected chi connectivity index (χ3v) is 6.34. The van der Waals surface area contributed by atoms with Crippen LogP contribution < -0.4 is 15.2 Å². The minimum atomic E-state index is -0.938. The van der Waals surface area contributed by atoms with E-state index in [2.05, 4.69) is 11.0 Å². The van der Waals surface area contributed by atoms with Crippen molar-refractivity contribution in [2.45, 2.75) is 45.2 Å². The van der Waals surface area contributed by atoms with Gasteiger partial charge in [-0.3, -0.25) is 4.79 Å². The molecule has 0 bridgehead atoms. The van der Waals surface area contributed by atoms with Gasteiger partial charge < -0.3 is 19.3 Å². The molecule has 0 radical (unpaired) electrons. The monoisotopic (exact) mass is 446 g/mol. The number of hydrogen-bond acceptors (Lipinski definition) is 4. The highest BCUT2D eigenvalue weighted by molar-refractivity contribution is 5.87. The summed E-state index contributed by atoms with van der Waals surface area (Å²) in [7, 11) is 3.69. The first-order valence-electron chi connectivity index (χ1n) is 11.3. The summed E-state index contributed by atoms with van der Waals surface area (Å²) in [5.41, 5.74) is 5.35. The third kappa shape index (κ3) is 4.95. The van der Waals surface area contributed by atoms with Crippen molar-refractivity contribution < 1.29 is 14.6 Å². The SMILES string of the molecule is COc1ccccc1N(C)Cc1c(C2CC2)cc(C)c(=O)n1CCc1ccc(C(=O)O)cc1. The van der Waals surface area contributed by atoms with Gasteiger partial charge in [0.25, 0.3) is 5.56 Å². The van der Waals surface area contributed by atoms with E-state index in [1.807, 2.05) is 54.9 Å². The number of aryl methyl sites for hydroxylation is 2. The Bertz CT molecular complexity index is 1210. The van der Waals surface area contributed by atoms with Crippen LogP contribution in [0.25, 0.3) is 0 Å². The summed E-state index contributed by atoms with van der Waals surface area (Å²) in [6.07, 6.45) is 2.96. The summed E-state index contributed by atoms with van der Waals surface area (Å²) in [6.45, 7) is 3.03. The number of hydrogen-bond donors (Lipinski definition) is 1. The number of benzene rings is 2. The molecule has 0 spiro atoms. The molecule has 1 aromatic heterocycles. The van der Waals surface area contributed by atoms with Crippen molar-refractivity contribution in [3.63, 3.8) is 0 Å². The van der Waals surface area contributed by atoms with Crippen molar-refractivity contribution in [2.24, 2.45) is 0 Å². The zero-order valence-electron chi connectivity index (χ0n) is 19.4. The Morgan fingerprint density at radius 3 is 2.48 bits per heavy atom. The van der Waals surface area contributed by atoms with Crippen LogP contribution >= 0.6 is 0 Å². The number of rotatable bonds is 9. The van der Waals surface area contributed by atoms with E-state index in [0.29, 0.717) is 25.4 Å². The van der Waals surface area contributed by atoms with Gasteiger partial charge >= 0.3 is 5.97 Å². The van der Waals surface area contributed by atoms with Gasteiger partial charge in [0.1, 0.15) is 5.75 Å². The van der Waals surface area contributed by atoms with Crippen LogP contribution in [0.4, 0.5) is 5.69 Å². The molecule has 1 saturated carbocycles. The van der Waals surface area contributed by atoms with E-state index in [-0.39, 0.29) is 11.1 Å². The average molecular weight is 447 g/mol. The van der Waals surface area contributed by atoms with Gasteiger partial charge in [-0.25, -0.2) is 4.79 Å². The first-order valence-corrected chi connectivity index (χ1v) is 11.3. The van der Waals surface area contributed by atoms with Crippen LogP contribution in [-0.4, -0.2) is 29.8 Å². The molecule has 1 aliphatic carbocycles. The zero-order valence-corrected chi connectivity index (χ0v) is 19.4. The maximum Gasteiger partial charge on any atom is 0.335 e. The summed E-state index contributed by atoms with van der Waals surface area (Å²) in [4.78, 5) is 26.5. The maximum atomic E-state index is 13.2. The second-order valence-electron chi connectivity index (χ2n) is 8.74. The normalized spacial score (nSPS) is 13.1. The fraction of sp³-hybridized carbons (Fsp3) is 0.333. The van der Waals surface area contributed by atoms with Gasteiger partial charge in [0.05, 0.1) is 24.9 Å². The van der Waals surface area contributed by atoms with Gasteiger partial charge in [0.2, 0.25) is 0 Å². The zero-order chi connectivity index (χ0) is 23.5. The fourth-order valence-corrected chi connectivity index (χ4v) is 4.34. The lowest BCUT2D eigenvalue weighted by Crippen LogP contribution is -2.31. The summed E-state index contributed by atoms with van der Waals surface area (Å²) in [6, 6.07) is 16.9. The second-order valence-corrected chi connectivity index (χ2v) is 8.74. The fourth-order valence-electron chi connectivity index (χ4n) is 4.34. The molecule has 1 fully saturated rings. The van der Waals surface area contributed by atoms with Crippen LogP contribution in [0.1, 0.15) is 51.5 Å². The number of aromatic carboxylic acids is 1. The third-order valence-electron chi connectivity index (χ3n) is 6.34. The molecule has 0 amide bonds. The predicted molar refractivity (Wildman–Crippen MR) is 130 cm³/mol. The highest BCUT2D eigenvalue weighted by atomic mass is 16.5. The highest BCUT2D eigenvalue weighted by Crippen LogP contribution is 2.42. The number of methoxy groups -OCH3 is 1. The topological polar surface area (TPSA) is 71.8 Å². The lowest BCUT2D eigenvalue weighted by Gasteiger charge is -2.26. The summed E-state index contributed by atoms with van der Waals surface area (Å²) in [5.74, 6) is 0.367. The number of carboxylic acid groups (broad SMARTS) is 1. The lowest BCUT2D eigenvalue weighted by molar-refractivity contribution is 0.0697. The molecule has 3 aromatic rings. The molecular weight excluding hydrogens is 416 g/mol. The molecule has 1 N–H and O–H groups in total. The summed E-state index contributed by atoms with van der Waals surface area (Å²) in [5, 5.41) is 9.13. The Kier molecular flexibility index (Phi) is 6.54.